The number of H-pyrrole nitrogens is 1. The van der Waals surface area contributed by atoms with Crippen LogP contribution >= 0.6 is 0 Å². The lowest BCUT2D eigenvalue weighted by molar-refractivity contribution is 0.100. The number of carbonyl (C=O) groups is 1. The fourth-order valence-corrected chi connectivity index (χ4v) is 2.17. The zero-order valence-corrected chi connectivity index (χ0v) is 10.6. The summed E-state index contributed by atoms with van der Waals surface area (Å²) in [5.74, 6) is -0.480. The molecule has 20 heavy (non-hydrogen) atoms. The molecule has 0 aliphatic carbocycles. The van der Waals surface area contributed by atoms with Gasteiger partial charge >= 0.3 is 5.69 Å². The van der Waals surface area contributed by atoms with E-state index in [1.54, 1.807) is 30.5 Å². The van der Waals surface area contributed by atoms with Gasteiger partial charge in [-0.3, -0.25) is 4.79 Å². The Labute approximate surface area is 113 Å². The van der Waals surface area contributed by atoms with Crippen molar-refractivity contribution in [1.82, 2.24) is 19.8 Å². The largest absolute Gasteiger partial charge is 0.366 e. The van der Waals surface area contributed by atoms with Crippen LogP contribution in [-0.2, 0) is 0 Å². The molecule has 7 heteroatoms. The van der Waals surface area contributed by atoms with E-state index >= 15 is 0 Å². The second kappa shape index (κ2) is 4.30. The van der Waals surface area contributed by atoms with E-state index in [0.717, 1.165) is 11.1 Å². The fraction of sp³-hybridized carbons (Fsp3) is 0.0769. The van der Waals surface area contributed by atoms with Crippen LogP contribution < -0.4 is 11.4 Å². The van der Waals surface area contributed by atoms with Crippen LogP contribution in [0.5, 0.6) is 0 Å². The topological polar surface area (TPSA) is 106 Å². The highest BCUT2D eigenvalue weighted by atomic mass is 16.2. The van der Waals surface area contributed by atoms with Crippen LogP contribution in [0.4, 0.5) is 0 Å². The van der Waals surface area contributed by atoms with E-state index in [1.165, 1.54) is 4.52 Å². The van der Waals surface area contributed by atoms with Crippen LogP contribution in [0, 0.1) is 6.92 Å². The van der Waals surface area contributed by atoms with E-state index in [-0.39, 0.29) is 0 Å². The molecule has 0 saturated heterocycles. The summed E-state index contributed by atoms with van der Waals surface area (Å²) in [5, 5.41) is 10.3. The second-order valence-corrected chi connectivity index (χ2v) is 4.37. The molecule has 3 aromatic rings. The molecule has 0 spiro atoms. The molecule has 1 aromatic carbocycles. The van der Waals surface area contributed by atoms with Crippen molar-refractivity contribution < 1.29 is 4.79 Å². The number of aromatic amines is 1. The minimum Gasteiger partial charge on any atom is -0.366 e. The number of primary amides is 1. The number of amides is 1. The second-order valence-electron chi connectivity index (χ2n) is 4.37. The molecule has 0 saturated carbocycles. The summed E-state index contributed by atoms with van der Waals surface area (Å²) in [7, 11) is 0. The Hall–Kier alpha value is -2.96. The van der Waals surface area contributed by atoms with Crippen LogP contribution in [0.1, 0.15) is 16.1 Å². The minimum absolute atomic E-state index is 0.398. The van der Waals surface area contributed by atoms with Gasteiger partial charge in [0, 0.05) is 11.1 Å². The van der Waals surface area contributed by atoms with Crippen LogP contribution in [0.25, 0.3) is 16.6 Å². The van der Waals surface area contributed by atoms with Crippen molar-refractivity contribution in [2.75, 3.05) is 0 Å². The highest BCUT2D eigenvalue weighted by molar-refractivity contribution is 5.93. The number of hydrogen-bond acceptors (Lipinski definition) is 4. The first-order valence-corrected chi connectivity index (χ1v) is 5.91. The molecule has 0 radical (unpaired) electrons. The molecule has 0 aliphatic heterocycles. The van der Waals surface area contributed by atoms with Crippen LogP contribution in [0.15, 0.2) is 35.3 Å². The van der Waals surface area contributed by atoms with Crippen molar-refractivity contribution in [3.63, 3.8) is 0 Å². The molecule has 0 atom stereocenters. The average molecular weight is 269 g/mol. The van der Waals surface area contributed by atoms with Crippen LogP contribution in [-0.4, -0.2) is 25.7 Å². The third kappa shape index (κ3) is 1.76. The van der Waals surface area contributed by atoms with Gasteiger partial charge in [-0.1, -0.05) is 12.1 Å². The highest BCUT2D eigenvalue weighted by Gasteiger charge is 2.13. The van der Waals surface area contributed by atoms with Crippen molar-refractivity contribution in [1.29, 1.82) is 0 Å². The van der Waals surface area contributed by atoms with Crippen LogP contribution in [0.3, 0.4) is 0 Å². The SMILES string of the molecule is Cc1nn2c(=O)[nH]ncc2c1-c1ccc(C(N)=O)cc1. The maximum Gasteiger partial charge on any atom is 0.363 e. The Balaban J connectivity index is 2.24. The van der Waals surface area contributed by atoms with E-state index in [1.807, 2.05) is 6.92 Å². The summed E-state index contributed by atoms with van der Waals surface area (Å²) < 4.78 is 1.26. The number of fused-ring (bicyclic) bond motifs is 1. The molecule has 2 aromatic heterocycles. The van der Waals surface area contributed by atoms with Gasteiger partial charge in [0.1, 0.15) is 5.52 Å². The van der Waals surface area contributed by atoms with Crippen molar-refractivity contribution in [2.45, 2.75) is 6.92 Å². The van der Waals surface area contributed by atoms with Crippen molar-refractivity contribution in [3.05, 3.63) is 52.2 Å². The number of hydrogen-bond donors (Lipinski definition) is 2. The van der Waals surface area contributed by atoms with Gasteiger partial charge in [-0.15, -0.1) is 0 Å². The summed E-state index contributed by atoms with van der Waals surface area (Å²) >= 11 is 0. The first-order chi connectivity index (χ1) is 9.58. The minimum atomic E-state index is -0.480. The quantitative estimate of drug-likeness (QED) is 0.706. The molecule has 0 unspecified atom stereocenters. The lowest BCUT2D eigenvalue weighted by atomic mass is 10.0. The first-order valence-electron chi connectivity index (χ1n) is 5.91. The zero-order valence-electron chi connectivity index (χ0n) is 10.6. The summed E-state index contributed by atoms with van der Waals surface area (Å²) in [4.78, 5) is 22.7. The number of aryl methyl sites for hydroxylation is 1. The standard InChI is InChI=1S/C13H11N5O2/c1-7-11(8-2-4-9(5-3-8)12(14)19)10-6-15-16-13(20)18(10)17-7/h2-6H,1H3,(H2,14,19)(H,16,20). The third-order valence-corrected chi connectivity index (χ3v) is 3.09. The number of nitrogens with one attached hydrogen (secondary N) is 1. The van der Waals surface area contributed by atoms with Gasteiger partial charge in [-0.25, -0.2) is 9.89 Å². The van der Waals surface area contributed by atoms with Gasteiger partial charge in [0.25, 0.3) is 0 Å². The molecule has 0 fully saturated rings. The molecule has 3 N–H and O–H groups in total. The molecule has 0 aliphatic rings. The zero-order chi connectivity index (χ0) is 14.3. The normalized spacial score (nSPS) is 10.8. The maximum atomic E-state index is 11.6. The maximum absolute atomic E-state index is 11.6. The molecular formula is C13H11N5O2. The van der Waals surface area contributed by atoms with Gasteiger partial charge in [-0.2, -0.15) is 14.7 Å². The lowest BCUT2D eigenvalue weighted by Crippen LogP contribution is -2.18. The molecule has 1 amide bonds. The number of aromatic nitrogens is 4. The Morgan fingerprint density at radius 2 is 2.00 bits per heavy atom. The van der Waals surface area contributed by atoms with Gasteiger partial charge in [0.15, 0.2) is 0 Å². The Morgan fingerprint density at radius 3 is 2.65 bits per heavy atom. The van der Waals surface area contributed by atoms with Crippen molar-refractivity contribution in [3.8, 4) is 11.1 Å². The molecule has 100 valence electrons. The lowest BCUT2D eigenvalue weighted by Gasteiger charge is -2.01. The average Bonchev–Trinajstić information content (AvgIpc) is 2.77. The predicted octanol–water partition coefficient (Wildman–Crippen LogP) is 0.492. The monoisotopic (exact) mass is 269 g/mol. The number of rotatable bonds is 2. The smallest absolute Gasteiger partial charge is 0.363 e. The summed E-state index contributed by atoms with van der Waals surface area (Å²) in [6, 6.07) is 6.82. The van der Waals surface area contributed by atoms with E-state index < -0.39 is 11.6 Å². The predicted molar refractivity (Wildman–Crippen MR) is 72.3 cm³/mol. The van der Waals surface area contributed by atoms with E-state index in [0.29, 0.717) is 16.8 Å². The number of benzene rings is 1. The van der Waals surface area contributed by atoms with E-state index in [2.05, 4.69) is 15.3 Å². The van der Waals surface area contributed by atoms with Gasteiger partial charge in [0.05, 0.1) is 11.9 Å². The van der Waals surface area contributed by atoms with Gasteiger partial charge < -0.3 is 5.73 Å². The summed E-state index contributed by atoms with van der Waals surface area (Å²) in [5.41, 5.74) is 8.20. The van der Waals surface area contributed by atoms with E-state index in [9.17, 15) is 9.59 Å². The van der Waals surface area contributed by atoms with Crippen molar-refractivity contribution in [2.24, 2.45) is 5.73 Å². The van der Waals surface area contributed by atoms with Gasteiger partial charge in [0.2, 0.25) is 5.91 Å². The Kier molecular flexibility index (Phi) is 2.60. The van der Waals surface area contributed by atoms with Crippen molar-refractivity contribution >= 4 is 11.4 Å². The highest BCUT2D eigenvalue weighted by Crippen LogP contribution is 2.26. The summed E-state index contributed by atoms with van der Waals surface area (Å²) in [6.07, 6.45) is 1.54. The van der Waals surface area contributed by atoms with E-state index in [4.69, 9.17) is 5.73 Å². The number of nitrogens with two attached hydrogens (primary N) is 1. The number of carbonyl (C=O) groups excluding carboxylic acids is 1. The summed E-state index contributed by atoms with van der Waals surface area (Å²) in [6.45, 7) is 1.81. The third-order valence-electron chi connectivity index (χ3n) is 3.09. The van der Waals surface area contributed by atoms with Gasteiger partial charge in [-0.05, 0) is 24.6 Å². The molecular weight excluding hydrogens is 258 g/mol. The molecule has 0 bridgehead atoms. The number of nitrogens with zero attached hydrogens (tertiary/aromatic N) is 3. The molecule has 7 nitrogen and oxygen atoms in total. The van der Waals surface area contributed by atoms with Crippen LogP contribution in [0.2, 0.25) is 0 Å². The fourth-order valence-electron chi connectivity index (χ4n) is 2.17. The Bertz CT molecular complexity index is 861. The first kappa shape index (κ1) is 12.1. The Morgan fingerprint density at radius 1 is 1.30 bits per heavy atom. The molecule has 3 rings (SSSR count). The molecule has 2 heterocycles.